The summed E-state index contributed by atoms with van der Waals surface area (Å²) in [5.41, 5.74) is 2.80. The fraction of sp³-hybridized carbons (Fsp3) is 0.579. The van der Waals surface area contributed by atoms with E-state index in [1.165, 1.54) is 17.5 Å². The summed E-state index contributed by atoms with van der Waals surface area (Å²) in [4.78, 5) is 2.51. The zero-order valence-corrected chi connectivity index (χ0v) is 15.2. The smallest absolute Gasteiger partial charge is 0.315 e. The molecule has 1 aliphatic rings. The minimum atomic E-state index is -0.108. The molecule has 0 spiro atoms. The predicted molar refractivity (Wildman–Crippen MR) is 96.5 cm³/mol. The van der Waals surface area contributed by atoms with Crippen molar-refractivity contribution in [2.24, 2.45) is 0 Å². The molecule has 5 nitrogen and oxygen atoms in total. The van der Waals surface area contributed by atoms with Crippen LogP contribution in [0, 0.1) is 6.92 Å². The number of hydrogen-bond acceptors (Lipinski definition) is 5. The Morgan fingerprint density at radius 2 is 2.04 bits per heavy atom. The van der Waals surface area contributed by atoms with Crippen LogP contribution in [0.25, 0.3) is 0 Å². The molecule has 3 rings (SSSR count). The summed E-state index contributed by atoms with van der Waals surface area (Å²) < 4.78 is 5.67. The Bertz CT molecular complexity index is 674. The lowest BCUT2D eigenvalue weighted by molar-refractivity contribution is 0.345. The van der Waals surface area contributed by atoms with Gasteiger partial charge in [0.15, 0.2) is 0 Å². The molecule has 1 atom stereocenters. The Kier molecular flexibility index (Phi) is 4.90. The summed E-state index contributed by atoms with van der Waals surface area (Å²) in [6, 6.07) is 9.27. The van der Waals surface area contributed by atoms with Crippen molar-refractivity contribution in [2.75, 3.05) is 31.5 Å². The standard InChI is InChI=1S/C19H28N4O/c1-14-7-5-6-8-16(14)15-9-11-23(13-15)12-10-20-18-22-21-17(24-18)19(2,3)4/h5-8,15H,9-13H2,1-4H3,(H,20,22). The van der Waals surface area contributed by atoms with E-state index in [1.54, 1.807) is 0 Å². The van der Waals surface area contributed by atoms with Gasteiger partial charge >= 0.3 is 6.01 Å². The first-order chi connectivity index (χ1) is 11.4. The molecule has 1 fully saturated rings. The monoisotopic (exact) mass is 328 g/mol. The largest absolute Gasteiger partial charge is 0.408 e. The van der Waals surface area contributed by atoms with Crippen LogP contribution in [0.2, 0.25) is 0 Å². The number of likely N-dealkylation sites (tertiary alicyclic amines) is 1. The zero-order valence-electron chi connectivity index (χ0n) is 15.2. The van der Waals surface area contributed by atoms with E-state index in [1.807, 2.05) is 0 Å². The van der Waals surface area contributed by atoms with Gasteiger partial charge < -0.3 is 14.6 Å². The first-order valence-corrected chi connectivity index (χ1v) is 8.79. The highest BCUT2D eigenvalue weighted by molar-refractivity contribution is 5.30. The van der Waals surface area contributed by atoms with Crippen molar-refractivity contribution in [3.63, 3.8) is 0 Å². The summed E-state index contributed by atoms with van der Waals surface area (Å²) in [6.07, 6.45) is 1.24. The average molecular weight is 328 g/mol. The maximum atomic E-state index is 5.67. The van der Waals surface area contributed by atoms with Crippen LogP contribution in [0.15, 0.2) is 28.7 Å². The highest BCUT2D eigenvalue weighted by Crippen LogP contribution is 2.29. The minimum absolute atomic E-state index is 0.108. The van der Waals surface area contributed by atoms with Gasteiger partial charge in [-0.1, -0.05) is 50.1 Å². The highest BCUT2D eigenvalue weighted by Gasteiger charge is 2.25. The van der Waals surface area contributed by atoms with Crippen LogP contribution >= 0.6 is 0 Å². The van der Waals surface area contributed by atoms with Gasteiger partial charge in [-0.2, -0.15) is 0 Å². The molecular formula is C19H28N4O. The number of aryl methyl sites for hydroxylation is 1. The Morgan fingerprint density at radius 1 is 1.25 bits per heavy atom. The molecule has 2 heterocycles. The van der Waals surface area contributed by atoms with Gasteiger partial charge in [-0.05, 0) is 36.9 Å². The summed E-state index contributed by atoms with van der Waals surface area (Å²) in [5.74, 6) is 1.33. The Hall–Kier alpha value is -1.88. The Labute approximate surface area is 144 Å². The lowest BCUT2D eigenvalue weighted by Gasteiger charge is -2.17. The summed E-state index contributed by atoms with van der Waals surface area (Å²) in [7, 11) is 0. The molecular weight excluding hydrogens is 300 g/mol. The van der Waals surface area contributed by atoms with Crippen molar-refractivity contribution >= 4 is 6.01 Å². The number of hydrogen-bond donors (Lipinski definition) is 1. The fourth-order valence-corrected chi connectivity index (χ4v) is 3.25. The van der Waals surface area contributed by atoms with E-state index >= 15 is 0 Å². The van der Waals surface area contributed by atoms with Crippen molar-refractivity contribution in [1.82, 2.24) is 15.1 Å². The van der Waals surface area contributed by atoms with Crippen LogP contribution in [0.3, 0.4) is 0 Å². The van der Waals surface area contributed by atoms with Gasteiger partial charge in [-0.15, -0.1) is 5.10 Å². The SMILES string of the molecule is Cc1ccccc1C1CCN(CCNc2nnc(C(C)(C)C)o2)C1. The molecule has 130 valence electrons. The van der Waals surface area contributed by atoms with E-state index in [-0.39, 0.29) is 5.41 Å². The lowest BCUT2D eigenvalue weighted by atomic mass is 9.94. The van der Waals surface area contributed by atoms with E-state index in [0.29, 0.717) is 17.8 Å². The average Bonchev–Trinajstić information content (AvgIpc) is 3.17. The molecule has 0 amide bonds. The van der Waals surface area contributed by atoms with E-state index < -0.39 is 0 Å². The normalized spacial score (nSPS) is 18.9. The van der Waals surface area contributed by atoms with E-state index in [2.05, 4.69) is 72.4 Å². The minimum Gasteiger partial charge on any atom is -0.408 e. The van der Waals surface area contributed by atoms with Gasteiger partial charge in [-0.25, -0.2) is 0 Å². The number of anilines is 1. The predicted octanol–water partition coefficient (Wildman–Crippen LogP) is 3.58. The first-order valence-electron chi connectivity index (χ1n) is 8.79. The molecule has 2 aromatic rings. The molecule has 0 aliphatic carbocycles. The van der Waals surface area contributed by atoms with Gasteiger partial charge in [0.25, 0.3) is 0 Å². The van der Waals surface area contributed by atoms with Crippen LogP contribution in [-0.4, -0.2) is 41.3 Å². The summed E-state index contributed by atoms with van der Waals surface area (Å²) >= 11 is 0. The van der Waals surface area contributed by atoms with Crippen molar-refractivity contribution in [1.29, 1.82) is 0 Å². The molecule has 24 heavy (non-hydrogen) atoms. The molecule has 1 unspecified atom stereocenters. The van der Waals surface area contributed by atoms with E-state index in [9.17, 15) is 0 Å². The molecule has 0 saturated carbocycles. The molecule has 0 radical (unpaired) electrons. The van der Waals surface area contributed by atoms with Gasteiger partial charge in [0.2, 0.25) is 5.89 Å². The van der Waals surface area contributed by atoms with Gasteiger partial charge in [0.05, 0.1) is 0 Å². The van der Waals surface area contributed by atoms with Crippen LogP contribution in [-0.2, 0) is 5.41 Å². The van der Waals surface area contributed by atoms with Crippen molar-refractivity contribution in [3.8, 4) is 0 Å². The number of benzene rings is 1. The molecule has 0 bridgehead atoms. The number of nitrogens with zero attached hydrogens (tertiary/aromatic N) is 3. The second-order valence-electron chi connectivity index (χ2n) is 7.73. The van der Waals surface area contributed by atoms with Crippen LogP contribution < -0.4 is 5.32 Å². The third-order valence-electron chi connectivity index (χ3n) is 4.67. The zero-order chi connectivity index (χ0) is 17.2. The molecule has 1 saturated heterocycles. The number of nitrogens with one attached hydrogen (secondary N) is 1. The quantitative estimate of drug-likeness (QED) is 0.909. The maximum absolute atomic E-state index is 5.67. The Balaban J connectivity index is 1.47. The lowest BCUT2D eigenvalue weighted by Crippen LogP contribution is -2.27. The number of rotatable bonds is 5. The van der Waals surface area contributed by atoms with Crippen LogP contribution in [0.5, 0.6) is 0 Å². The second kappa shape index (κ2) is 6.93. The molecule has 1 aromatic carbocycles. The molecule has 1 aliphatic heterocycles. The molecule has 1 aromatic heterocycles. The fourth-order valence-electron chi connectivity index (χ4n) is 3.25. The van der Waals surface area contributed by atoms with E-state index in [4.69, 9.17) is 4.42 Å². The topological polar surface area (TPSA) is 54.2 Å². The van der Waals surface area contributed by atoms with Crippen molar-refractivity contribution < 1.29 is 4.42 Å². The maximum Gasteiger partial charge on any atom is 0.315 e. The van der Waals surface area contributed by atoms with E-state index in [0.717, 1.165) is 26.2 Å². The molecule has 5 heteroatoms. The van der Waals surface area contributed by atoms with Crippen molar-refractivity contribution in [2.45, 2.75) is 45.4 Å². The van der Waals surface area contributed by atoms with Gasteiger partial charge in [-0.3, -0.25) is 0 Å². The third kappa shape index (κ3) is 3.96. The second-order valence-corrected chi connectivity index (χ2v) is 7.73. The first kappa shape index (κ1) is 17.0. The Morgan fingerprint density at radius 3 is 2.75 bits per heavy atom. The van der Waals surface area contributed by atoms with Gasteiger partial charge in [0.1, 0.15) is 0 Å². The third-order valence-corrected chi connectivity index (χ3v) is 4.67. The number of aromatic nitrogens is 2. The molecule has 1 N–H and O–H groups in total. The van der Waals surface area contributed by atoms with Crippen molar-refractivity contribution in [3.05, 3.63) is 41.3 Å². The highest BCUT2D eigenvalue weighted by atomic mass is 16.4. The van der Waals surface area contributed by atoms with Gasteiger partial charge in [0, 0.05) is 25.0 Å². The summed E-state index contributed by atoms with van der Waals surface area (Å²) in [6.45, 7) is 12.5. The van der Waals surface area contributed by atoms with Crippen LogP contribution in [0.1, 0.15) is 50.1 Å². The van der Waals surface area contributed by atoms with Crippen LogP contribution in [0.4, 0.5) is 6.01 Å². The summed E-state index contributed by atoms with van der Waals surface area (Å²) in [5, 5.41) is 11.4.